The predicted molar refractivity (Wildman–Crippen MR) is 96.9 cm³/mol. The average molecular weight is 342 g/mol. The van der Waals surface area contributed by atoms with E-state index in [1.165, 1.54) is 0 Å². The van der Waals surface area contributed by atoms with Crippen LogP contribution in [-0.2, 0) is 0 Å². The van der Waals surface area contributed by atoms with Crippen molar-refractivity contribution in [1.29, 1.82) is 0 Å². The lowest BCUT2D eigenvalue weighted by Crippen LogP contribution is -2.34. The number of aromatic nitrogens is 1. The second-order valence-corrected chi connectivity index (χ2v) is 5.54. The third kappa shape index (κ3) is 3.47. The highest BCUT2D eigenvalue weighted by atomic mass is 35.5. The van der Waals surface area contributed by atoms with Crippen LogP contribution in [0.2, 0.25) is 5.15 Å². The van der Waals surface area contributed by atoms with Gasteiger partial charge in [0.2, 0.25) is 0 Å². The Kier molecular flexibility index (Phi) is 4.50. The Morgan fingerprint density at radius 3 is 2.65 bits per heavy atom. The summed E-state index contributed by atoms with van der Waals surface area (Å²) >= 11 is 11.1. The van der Waals surface area contributed by atoms with Crippen molar-refractivity contribution in [3.63, 3.8) is 0 Å². The largest absolute Gasteiger partial charge is 0.330 e. The first kappa shape index (κ1) is 15.4. The van der Waals surface area contributed by atoms with Gasteiger partial charge >= 0.3 is 0 Å². The molecule has 0 saturated heterocycles. The van der Waals surface area contributed by atoms with Crippen molar-refractivity contribution in [3.8, 4) is 0 Å². The maximum atomic E-state index is 12.5. The first-order valence-corrected chi connectivity index (χ1v) is 7.64. The summed E-state index contributed by atoms with van der Waals surface area (Å²) < 4.78 is 0. The average Bonchev–Trinajstić information content (AvgIpc) is 2.56. The summed E-state index contributed by atoms with van der Waals surface area (Å²) in [6.45, 7) is 0. The number of carbonyl (C=O) groups excluding carboxylic acids is 1. The van der Waals surface area contributed by atoms with Crippen LogP contribution >= 0.6 is 23.8 Å². The number of benzene rings is 2. The molecule has 0 fully saturated rings. The van der Waals surface area contributed by atoms with Crippen molar-refractivity contribution in [2.24, 2.45) is 0 Å². The van der Waals surface area contributed by atoms with Gasteiger partial charge in [0.15, 0.2) is 10.3 Å². The van der Waals surface area contributed by atoms with Crippen molar-refractivity contribution in [2.45, 2.75) is 0 Å². The third-order valence-electron chi connectivity index (χ3n) is 3.27. The van der Waals surface area contributed by atoms with Crippen LogP contribution < -0.4 is 10.6 Å². The smallest absolute Gasteiger partial charge is 0.258 e. The van der Waals surface area contributed by atoms with Crippen molar-refractivity contribution in [2.75, 3.05) is 5.32 Å². The number of nitrogens with one attached hydrogen (secondary N) is 2. The topological polar surface area (TPSA) is 54.0 Å². The molecule has 1 heterocycles. The van der Waals surface area contributed by atoms with Gasteiger partial charge in [-0.3, -0.25) is 10.1 Å². The summed E-state index contributed by atoms with van der Waals surface area (Å²) in [6, 6.07) is 16.7. The molecule has 2 N–H and O–H groups in total. The SMILES string of the molecule is O=C(NC(=S)Nc1cccnc1Cl)c1cccc2ccccc12. The van der Waals surface area contributed by atoms with Crippen LogP contribution in [0.15, 0.2) is 60.8 Å². The van der Waals surface area contributed by atoms with Crippen LogP contribution in [0.3, 0.4) is 0 Å². The number of pyridine rings is 1. The number of carbonyl (C=O) groups is 1. The minimum absolute atomic E-state index is 0.165. The van der Waals surface area contributed by atoms with Gasteiger partial charge in [-0.1, -0.05) is 48.0 Å². The number of fused-ring (bicyclic) bond motifs is 1. The fourth-order valence-corrected chi connectivity index (χ4v) is 2.60. The van der Waals surface area contributed by atoms with Crippen molar-refractivity contribution in [1.82, 2.24) is 10.3 Å². The highest BCUT2D eigenvalue weighted by molar-refractivity contribution is 7.80. The van der Waals surface area contributed by atoms with Crippen LogP contribution in [0, 0.1) is 0 Å². The Hall–Kier alpha value is -2.50. The monoisotopic (exact) mass is 341 g/mol. The summed E-state index contributed by atoms with van der Waals surface area (Å²) in [5, 5.41) is 7.84. The molecule has 4 nitrogen and oxygen atoms in total. The minimum atomic E-state index is -0.278. The Morgan fingerprint density at radius 1 is 1.04 bits per heavy atom. The van der Waals surface area contributed by atoms with Crippen molar-refractivity contribution in [3.05, 3.63) is 71.5 Å². The molecule has 0 saturated carbocycles. The summed E-state index contributed by atoms with van der Waals surface area (Å²) in [6.07, 6.45) is 1.57. The summed E-state index contributed by atoms with van der Waals surface area (Å²) in [5.41, 5.74) is 1.10. The lowest BCUT2D eigenvalue weighted by Gasteiger charge is -2.11. The maximum Gasteiger partial charge on any atom is 0.258 e. The molecule has 6 heteroatoms. The molecule has 0 bridgehead atoms. The number of rotatable bonds is 2. The minimum Gasteiger partial charge on any atom is -0.330 e. The van der Waals surface area contributed by atoms with Crippen molar-refractivity contribution < 1.29 is 4.79 Å². The van der Waals surface area contributed by atoms with E-state index in [1.807, 2.05) is 36.4 Å². The molecule has 23 heavy (non-hydrogen) atoms. The number of halogens is 1. The number of thiocarbonyl (C=S) groups is 1. The second-order valence-electron chi connectivity index (χ2n) is 4.78. The van der Waals surface area contributed by atoms with Gasteiger partial charge in [-0.25, -0.2) is 4.98 Å². The van der Waals surface area contributed by atoms with E-state index in [1.54, 1.807) is 24.4 Å². The molecule has 1 aromatic heterocycles. The normalized spacial score (nSPS) is 10.3. The number of amides is 1. The quantitative estimate of drug-likeness (QED) is 0.546. The van der Waals surface area contributed by atoms with Crippen molar-refractivity contribution >= 4 is 51.3 Å². The molecule has 2 aromatic carbocycles. The molecule has 0 aliphatic rings. The van der Waals surface area contributed by atoms with E-state index in [0.717, 1.165) is 10.8 Å². The molecule has 0 aliphatic carbocycles. The van der Waals surface area contributed by atoms with Gasteiger partial charge in [0.1, 0.15) is 0 Å². The molecule has 0 atom stereocenters. The first-order valence-electron chi connectivity index (χ1n) is 6.86. The lowest BCUT2D eigenvalue weighted by molar-refractivity contribution is 0.0979. The third-order valence-corrected chi connectivity index (χ3v) is 3.77. The Bertz CT molecular complexity index is 892. The Labute approximate surface area is 143 Å². The number of nitrogens with zero attached hydrogens (tertiary/aromatic N) is 1. The number of hydrogen-bond donors (Lipinski definition) is 2. The Balaban J connectivity index is 1.78. The highest BCUT2D eigenvalue weighted by Gasteiger charge is 2.12. The molecule has 114 valence electrons. The van der Waals surface area contributed by atoms with E-state index >= 15 is 0 Å². The van der Waals surface area contributed by atoms with Gasteiger partial charge in [-0.05, 0) is 41.2 Å². The predicted octanol–water partition coefficient (Wildman–Crippen LogP) is 4.02. The van der Waals surface area contributed by atoms with Gasteiger partial charge in [-0.15, -0.1) is 0 Å². The molecule has 3 rings (SSSR count). The summed E-state index contributed by atoms with van der Waals surface area (Å²) in [5.74, 6) is -0.278. The zero-order valence-corrected chi connectivity index (χ0v) is 13.5. The molecule has 1 amide bonds. The standard InChI is InChI=1S/C17H12ClN3OS/c18-15-14(9-4-10-19-15)20-17(23)21-16(22)13-8-3-6-11-5-1-2-7-12(11)13/h1-10H,(H2,20,21,22,23). The zero-order chi connectivity index (χ0) is 16.2. The van der Waals surface area contributed by atoms with Crippen LogP contribution in [0.25, 0.3) is 10.8 Å². The fraction of sp³-hybridized carbons (Fsp3) is 0. The maximum absolute atomic E-state index is 12.5. The van der Waals surface area contributed by atoms with Gasteiger partial charge in [0, 0.05) is 11.8 Å². The van der Waals surface area contributed by atoms with Crippen LogP contribution in [0.1, 0.15) is 10.4 Å². The van der Waals surface area contributed by atoms with E-state index in [4.69, 9.17) is 23.8 Å². The van der Waals surface area contributed by atoms with E-state index in [0.29, 0.717) is 11.3 Å². The second kappa shape index (κ2) is 6.73. The summed E-state index contributed by atoms with van der Waals surface area (Å²) in [4.78, 5) is 16.4. The zero-order valence-electron chi connectivity index (χ0n) is 11.9. The van der Waals surface area contributed by atoms with Gasteiger partial charge < -0.3 is 5.32 Å². The van der Waals surface area contributed by atoms with E-state index in [9.17, 15) is 4.79 Å². The van der Waals surface area contributed by atoms with E-state index < -0.39 is 0 Å². The molecule has 0 unspecified atom stereocenters. The number of hydrogen-bond acceptors (Lipinski definition) is 3. The van der Waals surface area contributed by atoms with Crippen LogP contribution in [0.4, 0.5) is 5.69 Å². The number of anilines is 1. The molecule has 3 aromatic rings. The van der Waals surface area contributed by atoms with Gasteiger partial charge in [0.25, 0.3) is 5.91 Å². The van der Waals surface area contributed by atoms with Crippen LogP contribution in [-0.4, -0.2) is 16.0 Å². The van der Waals surface area contributed by atoms with Gasteiger partial charge in [0.05, 0.1) is 5.69 Å². The van der Waals surface area contributed by atoms with E-state index in [2.05, 4.69) is 15.6 Å². The van der Waals surface area contributed by atoms with Crippen LogP contribution in [0.5, 0.6) is 0 Å². The Morgan fingerprint density at radius 2 is 1.83 bits per heavy atom. The van der Waals surface area contributed by atoms with E-state index in [-0.39, 0.29) is 16.2 Å². The molecule has 0 radical (unpaired) electrons. The molecule has 0 aliphatic heterocycles. The first-order chi connectivity index (χ1) is 11.1. The fourth-order valence-electron chi connectivity index (χ4n) is 2.23. The highest BCUT2D eigenvalue weighted by Crippen LogP contribution is 2.19. The molecular formula is C17H12ClN3OS. The molecular weight excluding hydrogens is 330 g/mol. The van der Waals surface area contributed by atoms with Gasteiger partial charge in [-0.2, -0.15) is 0 Å². The molecule has 0 spiro atoms. The lowest BCUT2D eigenvalue weighted by atomic mass is 10.0. The summed E-state index contributed by atoms with van der Waals surface area (Å²) in [7, 11) is 0.